The Balaban J connectivity index is 2.39. The van der Waals surface area contributed by atoms with Crippen molar-refractivity contribution in [2.24, 2.45) is 5.92 Å². The van der Waals surface area contributed by atoms with Gasteiger partial charge in [-0.05, 0) is 55.0 Å². The first-order chi connectivity index (χ1) is 14.3. The predicted molar refractivity (Wildman–Crippen MR) is 116 cm³/mol. The van der Waals surface area contributed by atoms with Gasteiger partial charge in [-0.1, -0.05) is 33.3 Å². The number of amides is 2. The smallest absolute Gasteiger partial charge is 0.271 e. The van der Waals surface area contributed by atoms with E-state index in [2.05, 4.69) is 13.8 Å². The first-order valence-electron chi connectivity index (χ1n) is 10.3. The molecule has 2 rings (SSSR count). The molecule has 30 heavy (non-hydrogen) atoms. The van der Waals surface area contributed by atoms with Gasteiger partial charge in [-0.3, -0.25) is 14.5 Å². The average Bonchev–Trinajstić information content (AvgIpc) is 2.72. The Labute approximate surface area is 178 Å². The highest BCUT2D eigenvalue weighted by atomic mass is 16.5. The number of carbonyl (C=O) groups is 2. The van der Waals surface area contributed by atoms with Gasteiger partial charge in [-0.2, -0.15) is 5.26 Å². The van der Waals surface area contributed by atoms with Gasteiger partial charge in [0, 0.05) is 12.1 Å². The van der Waals surface area contributed by atoms with Crippen LogP contribution in [0.2, 0.25) is 0 Å². The lowest BCUT2D eigenvalue weighted by Gasteiger charge is -2.27. The number of benzene rings is 1. The molecule has 0 fully saturated rings. The summed E-state index contributed by atoms with van der Waals surface area (Å²) in [5.41, 5.74) is 1.49. The second-order valence-corrected chi connectivity index (χ2v) is 7.73. The van der Waals surface area contributed by atoms with Gasteiger partial charge in [0.25, 0.3) is 11.8 Å². The second kappa shape index (κ2) is 10.6. The van der Waals surface area contributed by atoms with E-state index in [1.54, 1.807) is 26.2 Å². The zero-order valence-corrected chi connectivity index (χ0v) is 18.4. The molecule has 1 aromatic carbocycles. The van der Waals surface area contributed by atoms with Crippen LogP contribution in [0.15, 0.2) is 34.9 Å². The van der Waals surface area contributed by atoms with Crippen LogP contribution in [0, 0.1) is 17.2 Å². The van der Waals surface area contributed by atoms with E-state index >= 15 is 0 Å². The van der Waals surface area contributed by atoms with Crippen LogP contribution in [0.5, 0.6) is 11.5 Å². The zero-order valence-electron chi connectivity index (χ0n) is 18.4. The van der Waals surface area contributed by atoms with E-state index in [-0.39, 0.29) is 11.5 Å². The molecule has 0 saturated heterocycles. The van der Waals surface area contributed by atoms with Crippen LogP contribution in [-0.4, -0.2) is 37.0 Å². The maximum Gasteiger partial charge on any atom is 0.271 e. The van der Waals surface area contributed by atoms with E-state index in [0.717, 1.165) is 18.4 Å². The van der Waals surface area contributed by atoms with Crippen LogP contribution < -0.4 is 9.47 Å². The summed E-state index contributed by atoms with van der Waals surface area (Å²) in [4.78, 5) is 26.7. The fraction of sp³-hybridized carbons (Fsp3) is 0.458. The van der Waals surface area contributed by atoms with Gasteiger partial charge >= 0.3 is 0 Å². The molecule has 1 heterocycles. The molecule has 6 heteroatoms. The Bertz CT molecular complexity index is 906. The van der Waals surface area contributed by atoms with Crippen molar-refractivity contribution >= 4 is 17.9 Å². The fourth-order valence-electron chi connectivity index (χ4n) is 3.11. The molecule has 0 unspecified atom stereocenters. The average molecular weight is 411 g/mol. The van der Waals surface area contributed by atoms with Crippen molar-refractivity contribution in [2.45, 2.75) is 47.0 Å². The van der Waals surface area contributed by atoms with E-state index in [1.807, 2.05) is 25.1 Å². The topological polar surface area (TPSA) is 79.6 Å². The summed E-state index contributed by atoms with van der Waals surface area (Å²) in [5, 5.41) is 9.45. The number of hydrogen-bond acceptors (Lipinski definition) is 5. The normalized spacial score (nSPS) is 15.8. The summed E-state index contributed by atoms with van der Waals surface area (Å²) in [7, 11) is 1.57. The van der Waals surface area contributed by atoms with Crippen LogP contribution in [-0.2, 0) is 9.59 Å². The molecule has 0 bridgehead atoms. The number of unbranched alkanes of at least 4 members (excludes halogenated alkanes) is 1. The van der Waals surface area contributed by atoms with Crippen molar-refractivity contribution in [2.75, 3.05) is 20.3 Å². The Morgan fingerprint density at radius 1 is 1.20 bits per heavy atom. The van der Waals surface area contributed by atoms with Crippen LogP contribution in [0.4, 0.5) is 0 Å². The molecule has 0 radical (unpaired) electrons. The van der Waals surface area contributed by atoms with E-state index in [4.69, 9.17) is 9.47 Å². The molecule has 0 N–H and O–H groups in total. The Hall–Kier alpha value is -3.07. The van der Waals surface area contributed by atoms with Gasteiger partial charge in [-0.25, -0.2) is 0 Å². The third-order valence-corrected chi connectivity index (χ3v) is 5.01. The van der Waals surface area contributed by atoms with Gasteiger partial charge in [0.2, 0.25) is 0 Å². The molecule has 1 aliphatic heterocycles. The lowest BCUT2D eigenvalue weighted by molar-refractivity contribution is -0.140. The Morgan fingerprint density at radius 2 is 1.93 bits per heavy atom. The van der Waals surface area contributed by atoms with Crippen molar-refractivity contribution < 1.29 is 19.1 Å². The van der Waals surface area contributed by atoms with Gasteiger partial charge < -0.3 is 9.47 Å². The molecular formula is C24H30N2O4. The van der Waals surface area contributed by atoms with Crippen molar-refractivity contribution in [1.29, 1.82) is 5.26 Å². The highest BCUT2D eigenvalue weighted by Crippen LogP contribution is 2.32. The number of carbonyl (C=O) groups excluding carboxylic acids is 2. The van der Waals surface area contributed by atoms with Gasteiger partial charge in [0.1, 0.15) is 11.6 Å². The SMILES string of the molecule is CCCCN1C(=O)C(C#N)=C(C)/C(=C\c2ccc(OCCC(C)C)c(OC)c2)C1=O. The monoisotopic (exact) mass is 410 g/mol. The summed E-state index contributed by atoms with van der Waals surface area (Å²) < 4.78 is 11.3. The summed E-state index contributed by atoms with van der Waals surface area (Å²) in [6, 6.07) is 7.39. The lowest BCUT2D eigenvalue weighted by Crippen LogP contribution is -2.43. The molecule has 0 aromatic heterocycles. The number of hydrogen-bond donors (Lipinski definition) is 0. The quantitative estimate of drug-likeness (QED) is 0.442. The molecule has 0 aliphatic carbocycles. The number of nitriles is 1. The minimum atomic E-state index is -0.517. The van der Waals surface area contributed by atoms with E-state index in [9.17, 15) is 14.9 Å². The summed E-state index contributed by atoms with van der Waals surface area (Å²) in [5.74, 6) is 0.857. The Kier molecular flexibility index (Phi) is 8.23. The van der Waals surface area contributed by atoms with Crippen molar-refractivity contribution in [3.8, 4) is 17.6 Å². The van der Waals surface area contributed by atoms with Crippen molar-refractivity contribution in [3.05, 3.63) is 40.5 Å². The lowest BCUT2D eigenvalue weighted by atomic mass is 9.93. The van der Waals surface area contributed by atoms with Crippen molar-refractivity contribution in [1.82, 2.24) is 4.90 Å². The fourth-order valence-corrected chi connectivity index (χ4v) is 3.11. The summed E-state index contributed by atoms with van der Waals surface area (Å²) in [6.07, 6.45) is 4.17. The van der Waals surface area contributed by atoms with Gasteiger partial charge in [-0.15, -0.1) is 0 Å². The largest absolute Gasteiger partial charge is 0.493 e. The molecule has 2 amide bonds. The second-order valence-electron chi connectivity index (χ2n) is 7.73. The highest BCUT2D eigenvalue weighted by Gasteiger charge is 2.34. The maximum absolute atomic E-state index is 13.0. The summed E-state index contributed by atoms with van der Waals surface area (Å²) >= 11 is 0. The molecular weight excluding hydrogens is 380 g/mol. The third kappa shape index (κ3) is 5.29. The number of rotatable bonds is 9. The molecule has 1 aliphatic rings. The van der Waals surface area contributed by atoms with Crippen molar-refractivity contribution in [3.63, 3.8) is 0 Å². The van der Waals surface area contributed by atoms with Gasteiger partial charge in [0.15, 0.2) is 11.5 Å². The standard InChI is InChI=1S/C24H30N2O4/c1-6-7-11-26-23(27)19(17(4)20(15-25)24(26)28)13-18-8-9-21(22(14-18)29-5)30-12-10-16(2)3/h8-9,13-14,16H,6-7,10-12H2,1-5H3/b19-13+. The number of imide groups is 1. The molecule has 0 spiro atoms. The Morgan fingerprint density at radius 3 is 2.53 bits per heavy atom. The minimum Gasteiger partial charge on any atom is -0.493 e. The van der Waals surface area contributed by atoms with Crippen LogP contribution in [0.25, 0.3) is 6.08 Å². The molecule has 6 nitrogen and oxygen atoms in total. The summed E-state index contributed by atoms with van der Waals surface area (Å²) in [6.45, 7) is 8.79. The minimum absolute atomic E-state index is 0.0116. The number of nitrogens with zero attached hydrogens (tertiary/aromatic N) is 2. The number of methoxy groups -OCH3 is 1. The van der Waals surface area contributed by atoms with Crippen LogP contribution >= 0.6 is 0 Å². The maximum atomic E-state index is 13.0. The highest BCUT2D eigenvalue weighted by molar-refractivity contribution is 6.19. The molecule has 0 saturated carbocycles. The molecule has 1 aromatic rings. The predicted octanol–water partition coefficient (Wildman–Crippen LogP) is 4.51. The van der Waals surface area contributed by atoms with Gasteiger partial charge in [0.05, 0.1) is 13.7 Å². The van der Waals surface area contributed by atoms with Crippen LogP contribution in [0.1, 0.15) is 52.5 Å². The first kappa shape index (κ1) is 23.2. The molecule has 160 valence electrons. The first-order valence-corrected chi connectivity index (χ1v) is 10.3. The van der Waals surface area contributed by atoms with Crippen LogP contribution in [0.3, 0.4) is 0 Å². The van der Waals surface area contributed by atoms with E-state index < -0.39 is 5.91 Å². The van der Waals surface area contributed by atoms with E-state index in [0.29, 0.717) is 48.1 Å². The molecule has 0 atom stereocenters. The van der Waals surface area contributed by atoms with E-state index in [1.165, 1.54) is 4.90 Å². The third-order valence-electron chi connectivity index (χ3n) is 5.01. The number of ether oxygens (including phenoxy) is 2. The zero-order chi connectivity index (χ0) is 22.3.